The fraction of sp³-hybridized carbons (Fsp3) is 0.571. The van der Waals surface area contributed by atoms with E-state index in [9.17, 15) is 4.79 Å². The van der Waals surface area contributed by atoms with Crippen molar-refractivity contribution in [2.75, 3.05) is 18.9 Å². The molecule has 2 rings (SSSR count). The molecule has 108 valence electrons. The molecule has 0 saturated heterocycles. The quantitative estimate of drug-likeness (QED) is 0.806. The lowest BCUT2D eigenvalue weighted by Crippen LogP contribution is -2.37. The smallest absolute Gasteiger partial charge is 0.292 e. The molecular formula is C14H19ClN4O. The van der Waals surface area contributed by atoms with Crippen LogP contribution in [-0.2, 0) is 6.54 Å². The molecule has 0 radical (unpaired) electrons. The number of nitrogens with zero attached hydrogens (tertiary/aromatic N) is 3. The number of terminal acetylenes is 1. The lowest BCUT2D eigenvalue weighted by Gasteiger charge is -2.25. The van der Waals surface area contributed by atoms with Crippen LogP contribution in [0.4, 0.5) is 5.69 Å². The highest BCUT2D eigenvalue weighted by Gasteiger charge is 2.29. The molecule has 5 nitrogen and oxygen atoms in total. The summed E-state index contributed by atoms with van der Waals surface area (Å²) >= 11 is 6.04. The van der Waals surface area contributed by atoms with Crippen LogP contribution in [0.1, 0.15) is 19.8 Å². The van der Waals surface area contributed by atoms with Gasteiger partial charge in [0.2, 0.25) is 0 Å². The number of likely N-dealkylation sites (N-methyl/N-ethyl adjacent to an activating group) is 1. The van der Waals surface area contributed by atoms with Crippen molar-refractivity contribution in [1.82, 2.24) is 14.7 Å². The molecule has 1 N–H and O–H groups in total. The predicted molar refractivity (Wildman–Crippen MR) is 81.1 cm³/mol. The summed E-state index contributed by atoms with van der Waals surface area (Å²) in [4.78, 5) is 14.5. The van der Waals surface area contributed by atoms with Crippen molar-refractivity contribution in [3.05, 3.63) is 21.6 Å². The van der Waals surface area contributed by atoms with E-state index in [0.29, 0.717) is 29.3 Å². The molecule has 1 aliphatic carbocycles. The molecule has 0 bridgehead atoms. The molecule has 0 amide bonds. The molecule has 1 aromatic heterocycles. The van der Waals surface area contributed by atoms with E-state index in [1.165, 1.54) is 23.7 Å². The normalized spacial score (nSPS) is 15.9. The fourth-order valence-electron chi connectivity index (χ4n) is 2.06. The van der Waals surface area contributed by atoms with Gasteiger partial charge in [-0.3, -0.25) is 9.69 Å². The van der Waals surface area contributed by atoms with Crippen LogP contribution in [0.25, 0.3) is 0 Å². The molecule has 1 aliphatic rings. The zero-order valence-electron chi connectivity index (χ0n) is 11.8. The van der Waals surface area contributed by atoms with Gasteiger partial charge in [0.1, 0.15) is 12.2 Å². The lowest BCUT2D eigenvalue weighted by molar-refractivity contribution is 0.257. The molecule has 0 aliphatic heterocycles. The van der Waals surface area contributed by atoms with E-state index >= 15 is 0 Å². The maximum atomic E-state index is 12.2. The topological polar surface area (TPSA) is 50.2 Å². The largest absolute Gasteiger partial charge is 0.378 e. The van der Waals surface area contributed by atoms with E-state index in [4.69, 9.17) is 18.0 Å². The van der Waals surface area contributed by atoms with Gasteiger partial charge < -0.3 is 5.32 Å². The van der Waals surface area contributed by atoms with Crippen LogP contribution >= 0.6 is 11.6 Å². The van der Waals surface area contributed by atoms with Crippen molar-refractivity contribution in [3.63, 3.8) is 0 Å². The van der Waals surface area contributed by atoms with Crippen LogP contribution in [-0.4, -0.2) is 40.4 Å². The Balaban J connectivity index is 2.06. The molecule has 6 heteroatoms. The molecular weight excluding hydrogens is 276 g/mol. The van der Waals surface area contributed by atoms with E-state index in [0.717, 1.165) is 0 Å². The van der Waals surface area contributed by atoms with Crippen molar-refractivity contribution < 1.29 is 0 Å². The average Bonchev–Trinajstić information content (AvgIpc) is 3.25. The van der Waals surface area contributed by atoms with Crippen LogP contribution in [0.5, 0.6) is 0 Å². The summed E-state index contributed by atoms with van der Waals surface area (Å²) in [5, 5.41) is 7.36. The monoisotopic (exact) mass is 294 g/mol. The second-order valence-corrected chi connectivity index (χ2v) is 5.57. The highest BCUT2D eigenvalue weighted by Crippen LogP contribution is 2.27. The van der Waals surface area contributed by atoms with Crippen molar-refractivity contribution >= 4 is 17.3 Å². The van der Waals surface area contributed by atoms with Crippen LogP contribution in [0.15, 0.2) is 11.0 Å². The number of hydrogen-bond acceptors (Lipinski definition) is 4. The standard InChI is InChI=1S/C14H19ClN4O/c1-4-7-19-14(20)13(12(15)9-17-19)16-8-10(2)18(3)11-5-6-11/h1,9-11,16H,5-8H2,2-3H3. The third-order valence-corrected chi connectivity index (χ3v) is 3.92. The fourth-order valence-corrected chi connectivity index (χ4v) is 2.25. The summed E-state index contributed by atoms with van der Waals surface area (Å²) in [5.74, 6) is 2.40. The Hall–Kier alpha value is -1.51. The minimum absolute atomic E-state index is 0.141. The Labute approximate surface area is 123 Å². The summed E-state index contributed by atoms with van der Waals surface area (Å²) in [6.07, 6.45) is 9.16. The van der Waals surface area contributed by atoms with E-state index in [1.54, 1.807) is 0 Å². The minimum atomic E-state index is -0.281. The van der Waals surface area contributed by atoms with Crippen molar-refractivity contribution in [1.29, 1.82) is 0 Å². The number of nitrogens with one attached hydrogen (secondary N) is 1. The minimum Gasteiger partial charge on any atom is -0.378 e. The molecule has 1 saturated carbocycles. The van der Waals surface area contributed by atoms with Crippen LogP contribution in [0.3, 0.4) is 0 Å². The average molecular weight is 295 g/mol. The predicted octanol–water partition coefficient (Wildman–Crippen LogP) is 1.42. The zero-order chi connectivity index (χ0) is 14.7. The number of anilines is 1. The van der Waals surface area contributed by atoms with Crippen molar-refractivity contribution in [2.24, 2.45) is 0 Å². The second kappa shape index (κ2) is 6.29. The Kier molecular flexibility index (Phi) is 4.69. The first kappa shape index (κ1) is 14.9. The zero-order valence-corrected chi connectivity index (χ0v) is 12.5. The highest BCUT2D eigenvalue weighted by molar-refractivity contribution is 6.32. The molecule has 1 aromatic rings. The Bertz CT molecular complexity index is 574. The van der Waals surface area contributed by atoms with E-state index in [-0.39, 0.29) is 12.1 Å². The third-order valence-electron chi connectivity index (χ3n) is 3.63. The first-order chi connectivity index (χ1) is 9.54. The van der Waals surface area contributed by atoms with Gasteiger partial charge in [0, 0.05) is 18.6 Å². The number of rotatable bonds is 6. The Morgan fingerprint density at radius 3 is 3.00 bits per heavy atom. The summed E-state index contributed by atoms with van der Waals surface area (Å²) in [5.41, 5.74) is 0.0877. The van der Waals surface area contributed by atoms with Gasteiger partial charge in [-0.1, -0.05) is 17.5 Å². The maximum absolute atomic E-state index is 12.2. The third kappa shape index (κ3) is 3.33. The van der Waals surface area contributed by atoms with Crippen molar-refractivity contribution in [2.45, 2.75) is 38.4 Å². The van der Waals surface area contributed by atoms with Gasteiger partial charge in [0.05, 0.1) is 11.2 Å². The van der Waals surface area contributed by atoms with Gasteiger partial charge in [-0.25, -0.2) is 4.68 Å². The van der Waals surface area contributed by atoms with Gasteiger partial charge in [-0.05, 0) is 26.8 Å². The molecule has 20 heavy (non-hydrogen) atoms. The second-order valence-electron chi connectivity index (χ2n) is 5.16. The molecule has 1 heterocycles. The van der Waals surface area contributed by atoms with Crippen molar-refractivity contribution in [3.8, 4) is 12.3 Å². The van der Waals surface area contributed by atoms with Crippen LogP contribution in [0.2, 0.25) is 5.02 Å². The van der Waals surface area contributed by atoms with E-state index in [2.05, 4.69) is 35.2 Å². The van der Waals surface area contributed by atoms with E-state index in [1.807, 2.05) is 0 Å². The van der Waals surface area contributed by atoms with Gasteiger partial charge in [0.15, 0.2) is 0 Å². The highest BCUT2D eigenvalue weighted by atomic mass is 35.5. The lowest BCUT2D eigenvalue weighted by atomic mass is 10.3. The Morgan fingerprint density at radius 1 is 1.70 bits per heavy atom. The van der Waals surface area contributed by atoms with Gasteiger partial charge in [-0.2, -0.15) is 5.10 Å². The molecule has 1 atom stereocenters. The summed E-state index contributed by atoms with van der Waals surface area (Å²) in [6.45, 7) is 2.92. The number of aromatic nitrogens is 2. The van der Waals surface area contributed by atoms with Gasteiger partial charge in [-0.15, -0.1) is 6.42 Å². The van der Waals surface area contributed by atoms with Crippen LogP contribution < -0.4 is 10.9 Å². The van der Waals surface area contributed by atoms with Gasteiger partial charge >= 0.3 is 0 Å². The first-order valence-corrected chi connectivity index (χ1v) is 7.07. The van der Waals surface area contributed by atoms with Crippen LogP contribution in [0, 0.1) is 12.3 Å². The van der Waals surface area contributed by atoms with E-state index < -0.39 is 0 Å². The van der Waals surface area contributed by atoms with Gasteiger partial charge in [0.25, 0.3) is 5.56 Å². The number of halogens is 1. The summed E-state index contributed by atoms with van der Waals surface area (Å²) < 4.78 is 1.23. The maximum Gasteiger partial charge on any atom is 0.292 e. The first-order valence-electron chi connectivity index (χ1n) is 6.69. The molecule has 1 fully saturated rings. The molecule has 0 aromatic carbocycles. The molecule has 0 spiro atoms. The summed E-state index contributed by atoms with van der Waals surface area (Å²) in [7, 11) is 2.11. The molecule has 1 unspecified atom stereocenters. The Morgan fingerprint density at radius 2 is 2.40 bits per heavy atom. The SMILES string of the molecule is C#CCn1ncc(Cl)c(NCC(C)N(C)C2CC2)c1=O. The summed E-state index contributed by atoms with van der Waals surface area (Å²) in [6, 6.07) is 1.00. The number of hydrogen-bond donors (Lipinski definition) is 1.